The number of hydrogen-bond acceptors (Lipinski definition) is 5. The number of ether oxygens (including phenoxy) is 1. The summed E-state index contributed by atoms with van der Waals surface area (Å²) in [5.74, 6) is 0.416. The van der Waals surface area contributed by atoms with Crippen LogP contribution in [0.5, 0.6) is 5.75 Å². The monoisotopic (exact) mass is 210 g/mol. The van der Waals surface area contributed by atoms with Gasteiger partial charge in [-0.1, -0.05) is 0 Å². The number of aromatic nitrogens is 1. The zero-order valence-electron chi connectivity index (χ0n) is 8.80. The minimum absolute atomic E-state index is 0.100. The van der Waals surface area contributed by atoms with Crippen molar-refractivity contribution in [1.82, 2.24) is 4.98 Å². The van der Waals surface area contributed by atoms with Gasteiger partial charge in [-0.2, -0.15) is 0 Å². The first-order chi connectivity index (χ1) is 7.13. The Morgan fingerprint density at radius 2 is 2.33 bits per heavy atom. The van der Waals surface area contributed by atoms with E-state index in [9.17, 15) is 4.79 Å². The largest absolute Gasteiger partial charge is 0.506 e. The number of carbonyl (C=O) groups excluding carboxylic acids is 1. The number of carbonyl (C=O) groups is 1. The van der Waals surface area contributed by atoms with Gasteiger partial charge in [0, 0.05) is 7.05 Å². The summed E-state index contributed by atoms with van der Waals surface area (Å²) in [7, 11) is 1.73. The Morgan fingerprint density at radius 3 is 2.87 bits per heavy atom. The molecule has 5 nitrogen and oxygen atoms in total. The van der Waals surface area contributed by atoms with E-state index in [1.165, 1.54) is 12.3 Å². The Kier molecular flexibility index (Phi) is 3.91. The number of likely N-dealkylation sites (N-methyl/N-ethyl adjacent to an activating group) is 1. The summed E-state index contributed by atoms with van der Waals surface area (Å²) in [6.45, 7) is 2.28. The third-order valence-corrected chi connectivity index (χ3v) is 1.79. The van der Waals surface area contributed by atoms with Gasteiger partial charge in [0.2, 0.25) is 0 Å². The number of aromatic hydroxyl groups is 1. The molecule has 0 radical (unpaired) electrons. The van der Waals surface area contributed by atoms with E-state index in [2.05, 4.69) is 4.98 Å². The van der Waals surface area contributed by atoms with Crippen molar-refractivity contribution >= 4 is 11.8 Å². The summed E-state index contributed by atoms with van der Waals surface area (Å²) in [6.07, 6.45) is 1.33. The number of hydrogen-bond donors (Lipinski definition) is 1. The maximum atomic E-state index is 11.2. The summed E-state index contributed by atoms with van der Waals surface area (Å²) in [5.41, 5.74) is 0. The van der Waals surface area contributed by atoms with Crippen molar-refractivity contribution in [1.29, 1.82) is 0 Å². The van der Waals surface area contributed by atoms with Crippen molar-refractivity contribution in [2.75, 3.05) is 25.1 Å². The molecule has 1 rings (SSSR count). The Morgan fingerprint density at radius 1 is 1.60 bits per heavy atom. The maximum absolute atomic E-state index is 11.2. The lowest BCUT2D eigenvalue weighted by Gasteiger charge is -2.16. The first kappa shape index (κ1) is 11.3. The number of nitrogens with zero attached hydrogens (tertiary/aromatic N) is 2. The molecule has 82 valence electrons. The molecule has 0 atom stereocenters. The van der Waals surface area contributed by atoms with Crippen molar-refractivity contribution in [3.8, 4) is 5.75 Å². The molecule has 0 saturated carbocycles. The van der Waals surface area contributed by atoms with Gasteiger partial charge in [-0.15, -0.1) is 0 Å². The predicted octanol–water partition coefficient (Wildman–Crippen LogP) is 0.786. The van der Waals surface area contributed by atoms with E-state index in [1.54, 1.807) is 24.9 Å². The highest BCUT2D eigenvalue weighted by Gasteiger charge is 2.08. The van der Waals surface area contributed by atoms with Gasteiger partial charge in [0.1, 0.15) is 18.1 Å². The van der Waals surface area contributed by atoms with E-state index in [1.807, 2.05) is 0 Å². The Hall–Kier alpha value is -1.78. The first-order valence-electron chi connectivity index (χ1n) is 4.65. The van der Waals surface area contributed by atoms with Crippen LogP contribution in [0.3, 0.4) is 0 Å². The highest BCUT2D eigenvalue weighted by Crippen LogP contribution is 2.12. The smallest absolute Gasteiger partial charge is 0.325 e. The Balaban J connectivity index is 2.57. The lowest BCUT2D eigenvalue weighted by molar-refractivity contribution is -0.141. The van der Waals surface area contributed by atoms with Crippen LogP contribution in [0.4, 0.5) is 5.82 Å². The van der Waals surface area contributed by atoms with Gasteiger partial charge in [-0.25, -0.2) is 4.98 Å². The molecule has 1 heterocycles. The van der Waals surface area contributed by atoms with E-state index in [4.69, 9.17) is 9.84 Å². The Labute approximate surface area is 88.3 Å². The average molecular weight is 210 g/mol. The fraction of sp³-hybridized carbons (Fsp3) is 0.400. The van der Waals surface area contributed by atoms with Crippen molar-refractivity contribution < 1.29 is 14.6 Å². The predicted molar refractivity (Wildman–Crippen MR) is 55.8 cm³/mol. The molecule has 1 aromatic heterocycles. The molecule has 1 aromatic rings. The summed E-state index contributed by atoms with van der Waals surface area (Å²) in [5, 5.41) is 9.03. The number of anilines is 1. The van der Waals surface area contributed by atoms with Crippen LogP contribution < -0.4 is 4.90 Å². The van der Waals surface area contributed by atoms with Gasteiger partial charge < -0.3 is 14.7 Å². The van der Waals surface area contributed by atoms with E-state index < -0.39 is 0 Å². The zero-order valence-corrected chi connectivity index (χ0v) is 8.80. The van der Waals surface area contributed by atoms with E-state index in [-0.39, 0.29) is 18.3 Å². The minimum atomic E-state index is -0.296. The lowest BCUT2D eigenvalue weighted by atomic mass is 10.4. The van der Waals surface area contributed by atoms with Gasteiger partial charge in [-0.05, 0) is 19.1 Å². The van der Waals surface area contributed by atoms with Crippen LogP contribution in [0.25, 0.3) is 0 Å². The molecule has 0 aliphatic carbocycles. The lowest BCUT2D eigenvalue weighted by Crippen LogP contribution is -2.27. The van der Waals surface area contributed by atoms with E-state index in [0.29, 0.717) is 12.4 Å². The molecule has 0 fully saturated rings. The maximum Gasteiger partial charge on any atom is 0.325 e. The first-order valence-corrected chi connectivity index (χ1v) is 4.65. The summed E-state index contributed by atoms with van der Waals surface area (Å²) in [6, 6.07) is 3.15. The second kappa shape index (κ2) is 5.19. The molecule has 0 unspecified atom stereocenters. The van der Waals surface area contributed by atoms with Crippen molar-refractivity contribution in [2.45, 2.75) is 6.92 Å². The molecule has 0 amide bonds. The zero-order chi connectivity index (χ0) is 11.3. The number of pyridine rings is 1. The van der Waals surface area contributed by atoms with Gasteiger partial charge in [0.15, 0.2) is 0 Å². The van der Waals surface area contributed by atoms with Crippen molar-refractivity contribution in [2.24, 2.45) is 0 Å². The van der Waals surface area contributed by atoms with Gasteiger partial charge in [0.05, 0.1) is 12.8 Å². The molecule has 1 N–H and O–H groups in total. The van der Waals surface area contributed by atoms with Crippen molar-refractivity contribution in [3.63, 3.8) is 0 Å². The van der Waals surface area contributed by atoms with Gasteiger partial charge in [0.25, 0.3) is 0 Å². The van der Waals surface area contributed by atoms with E-state index in [0.717, 1.165) is 0 Å². The molecule has 0 aromatic carbocycles. The highest BCUT2D eigenvalue weighted by atomic mass is 16.5. The third kappa shape index (κ3) is 3.46. The van der Waals surface area contributed by atoms with Crippen LogP contribution in [-0.4, -0.2) is 36.3 Å². The SMILES string of the molecule is CCOC(=O)CN(C)c1ccc(O)cn1. The van der Waals surface area contributed by atoms with Crippen LogP contribution >= 0.6 is 0 Å². The van der Waals surface area contributed by atoms with Crippen molar-refractivity contribution in [3.05, 3.63) is 18.3 Å². The quantitative estimate of drug-likeness (QED) is 0.744. The van der Waals surface area contributed by atoms with Crippen LogP contribution in [0.2, 0.25) is 0 Å². The molecule has 0 spiro atoms. The standard InChI is InChI=1S/C10H14N2O3/c1-3-15-10(14)7-12(2)9-5-4-8(13)6-11-9/h4-6,13H,3,7H2,1-2H3. The molecule has 0 saturated heterocycles. The molecular formula is C10H14N2O3. The highest BCUT2D eigenvalue weighted by molar-refractivity contribution is 5.75. The molecule has 0 bridgehead atoms. The molecule has 5 heteroatoms. The molecule has 15 heavy (non-hydrogen) atoms. The van der Waals surface area contributed by atoms with Crippen LogP contribution in [0, 0.1) is 0 Å². The van der Waals surface area contributed by atoms with Gasteiger partial charge >= 0.3 is 5.97 Å². The Bertz CT molecular complexity index is 324. The summed E-state index contributed by atoms with van der Waals surface area (Å²) < 4.78 is 4.80. The number of rotatable bonds is 4. The summed E-state index contributed by atoms with van der Waals surface area (Å²) >= 11 is 0. The average Bonchev–Trinajstić information content (AvgIpc) is 2.18. The fourth-order valence-corrected chi connectivity index (χ4v) is 1.09. The topological polar surface area (TPSA) is 62.7 Å². The second-order valence-corrected chi connectivity index (χ2v) is 3.04. The fourth-order valence-electron chi connectivity index (χ4n) is 1.09. The van der Waals surface area contributed by atoms with Crippen LogP contribution in [-0.2, 0) is 9.53 Å². The molecular weight excluding hydrogens is 196 g/mol. The second-order valence-electron chi connectivity index (χ2n) is 3.04. The normalized spacial score (nSPS) is 9.73. The molecule has 0 aliphatic heterocycles. The minimum Gasteiger partial charge on any atom is -0.506 e. The molecule has 0 aliphatic rings. The summed E-state index contributed by atoms with van der Waals surface area (Å²) in [4.78, 5) is 16.8. The third-order valence-electron chi connectivity index (χ3n) is 1.79. The van der Waals surface area contributed by atoms with Crippen LogP contribution in [0.1, 0.15) is 6.92 Å². The van der Waals surface area contributed by atoms with Crippen LogP contribution in [0.15, 0.2) is 18.3 Å². The number of esters is 1. The van der Waals surface area contributed by atoms with E-state index >= 15 is 0 Å². The van der Waals surface area contributed by atoms with Gasteiger partial charge in [-0.3, -0.25) is 4.79 Å².